The van der Waals surface area contributed by atoms with Crippen molar-refractivity contribution in [3.63, 3.8) is 0 Å². The molecule has 1 saturated carbocycles. The number of carbonyl (C=O) groups excluding carboxylic acids is 1. The average molecular weight is 211 g/mol. The molecule has 0 bridgehead atoms. The Labute approximate surface area is 91.5 Å². The molecule has 2 aliphatic rings. The zero-order valence-electron chi connectivity index (χ0n) is 9.32. The van der Waals surface area contributed by atoms with Crippen LogP contribution in [0.4, 0.5) is 0 Å². The summed E-state index contributed by atoms with van der Waals surface area (Å²) in [4.78, 5) is 13.8. The SMILES string of the molecule is O=C1CC(O)CCN1C1CCCCCC1. The highest BCUT2D eigenvalue weighted by Crippen LogP contribution is 2.25. The van der Waals surface area contributed by atoms with Crippen LogP contribution in [0.3, 0.4) is 0 Å². The van der Waals surface area contributed by atoms with Crippen molar-refractivity contribution in [1.29, 1.82) is 0 Å². The van der Waals surface area contributed by atoms with Crippen molar-refractivity contribution in [1.82, 2.24) is 4.90 Å². The Morgan fingerprint density at radius 1 is 1.07 bits per heavy atom. The van der Waals surface area contributed by atoms with E-state index in [1.165, 1.54) is 38.5 Å². The van der Waals surface area contributed by atoms with Gasteiger partial charge < -0.3 is 10.0 Å². The second-order valence-corrected chi connectivity index (χ2v) is 4.88. The molecular weight excluding hydrogens is 190 g/mol. The minimum absolute atomic E-state index is 0.167. The summed E-state index contributed by atoms with van der Waals surface area (Å²) in [6, 6.07) is 0.465. The van der Waals surface area contributed by atoms with Crippen molar-refractivity contribution < 1.29 is 9.90 Å². The maximum absolute atomic E-state index is 11.8. The molecule has 1 unspecified atom stereocenters. The Morgan fingerprint density at radius 2 is 1.73 bits per heavy atom. The maximum atomic E-state index is 11.8. The van der Waals surface area contributed by atoms with Gasteiger partial charge in [-0.05, 0) is 19.3 Å². The van der Waals surface area contributed by atoms with Gasteiger partial charge in [-0.2, -0.15) is 0 Å². The normalized spacial score (nSPS) is 30.3. The lowest BCUT2D eigenvalue weighted by molar-refractivity contribution is -0.140. The Kier molecular flexibility index (Phi) is 3.62. The number of hydrogen-bond acceptors (Lipinski definition) is 2. The number of likely N-dealkylation sites (tertiary alicyclic amines) is 1. The lowest BCUT2D eigenvalue weighted by Gasteiger charge is -2.36. The van der Waals surface area contributed by atoms with Gasteiger partial charge in [0.1, 0.15) is 0 Å². The van der Waals surface area contributed by atoms with Crippen LogP contribution < -0.4 is 0 Å². The number of nitrogens with zero attached hydrogens (tertiary/aromatic N) is 1. The molecule has 2 fully saturated rings. The molecule has 1 amide bonds. The Morgan fingerprint density at radius 3 is 2.33 bits per heavy atom. The van der Waals surface area contributed by atoms with Gasteiger partial charge in [0.25, 0.3) is 0 Å². The van der Waals surface area contributed by atoms with Gasteiger partial charge in [0.15, 0.2) is 0 Å². The van der Waals surface area contributed by atoms with E-state index in [0.717, 1.165) is 13.0 Å². The van der Waals surface area contributed by atoms with E-state index in [1.807, 2.05) is 4.90 Å². The number of amides is 1. The molecule has 1 atom stereocenters. The van der Waals surface area contributed by atoms with E-state index >= 15 is 0 Å². The summed E-state index contributed by atoms with van der Waals surface area (Å²) in [6.07, 6.45) is 8.22. The van der Waals surface area contributed by atoms with E-state index in [2.05, 4.69) is 0 Å². The van der Waals surface area contributed by atoms with Crippen LogP contribution >= 0.6 is 0 Å². The van der Waals surface area contributed by atoms with Crippen molar-refractivity contribution in [2.24, 2.45) is 0 Å². The fraction of sp³-hybridized carbons (Fsp3) is 0.917. The van der Waals surface area contributed by atoms with E-state index in [1.54, 1.807) is 0 Å². The zero-order chi connectivity index (χ0) is 10.7. The van der Waals surface area contributed by atoms with Crippen LogP contribution in [0.5, 0.6) is 0 Å². The summed E-state index contributed by atoms with van der Waals surface area (Å²) in [7, 11) is 0. The minimum atomic E-state index is -0.389. The van der Waals surface area contributed by atoms with Crippen LogP contribution in [0.15, 0.2) is 0 Å². The molecule has 0 radical (unpaired) electrons. The standard InChI is InChI=1S/C12H21NO2/c14-11-7-8-13(12(15)9-11)10-5-3-1-2-4-6-10/h10-11,14H,1-9H2. The molecule has 1 heterocycles. The largest absolute Gasteiger partial charge is 0.393 e. The van der Waals surface area contributed by atoms with Crippen LogP contribution in [0.25, 0.3) is 0 Å². The molecule has 86 valence electrons. The minimum Gasteiger partial charge on any atom is -0.393 e. The lowest BCUT2D eigenvalue weighted by atomic mass is 10.0. The predicted octanol–water partition coefficient (Wildman–Crippen LogP) is 1.69. The van der Waals surface area contributed by atoms with E-state index in [-0.39, 0.29) is 12.0 Å². The molecule has 0 spiro atoms. The molecule has 0 aromatic heterocycles. The van der Waals surface area contributed by atoms with Gasteiger partial charge in [-0.25, -0.2) is 0 Å². The molecule has 2 rings (SSSR count). The highest BCUT2D eigenvalue weighted by molar-refractivity contribution is 5.77. The second kappa shape index (κ2) is 4.97. The van der Waals surface area contributed by atoms with Gasteiger partial charge in [-0.15, -0.1) is 0 Å². The van der Waals surface area contributed by atoms with Crippen molar-refractivity contribution in [2.75, 3.05) is 6.54 Å². The molecule has 1 aliphatic heterocycles. The molecule has 3 nitrogen and oxygen atoms in total. The zero-order valence-corrected chi connectivity index (χ0v) is 9.32. The van der Waals surface area contributed by atoms with Crippen molar-refractivity contribution >= 4 is 5.91 Å². The predicted molar refractivity (Wildman–Crippen MR) is 58.4 cm³/mol. The quantitative estimate of drug-likeness (QED) is 0.670. The fourth-order valence-electron chi connectivity index (χ4n) is 2.79. The summed E-state index contributed by atoms with van der Waals surface area (Å²) < 4.78 is 0. The molecule has 3 heteroatoms. The number of hydrogen-bond donors (Lipinski definition) is 1. The molecule has 0 aromatic carbocycles. The fourth-order valence-corrected chi connectivity index (χ4v) is 2.79. The number of aliphatic hydroxyl groups excluding tert-OH is 1. The Hall–Kier alpha value is -0.570. The van der Waals surface area contributed by atoms with Crippen LogP contribution in [0.2, 0.25) is 0 Å². The van der Waals surface area contributed by atoms with Gasteiger partial charge in [0.2, 0.25) is 5.91 Å². The van der Waals surface area contributed by atoms with Gasteiger partial charge >= 0.3 is 0 Å². The maximum Gasteiger partial charge on any atom is 0.225 e. The van der Waals surface area contributed by atoms with Gasteiger partial charge in [0.05, 0.1) is 12.5 Å². The average Bonchev–Trinajstić information content (AvgIpc) is 2.46. The number of rotatable bonds is 1. The van der Waals surface area contributed by atoms with Crippen LogP contribution in [-0.2, 0) is 4.79 Å². The highest BCUT2D eigenvalue weighted by atomic mass is 16.3. The van der Waals surface area contributed by atoms with E-state index in [0.29, 0.717) is 12.5 Å². The number of piperidine rings is 1. The Balaban J connectivity index is 1.93. The molecule has 1 N–H and O–H groups in total. The van der Waals surface area contributed by atoms with E-state index < -0.39 is 0 Å². The van der Waals surface area contributed by atoms with Gasteiger partial charge in [-0.3, -0.25) is 4.79 Å². The molecule has 1 saturated heterocycles. The first-order chi connectivity index (χ1) is 7.27. The third-order valence-corrected chi connectivity index (χ3v) is 3.70. The number of aliphatic hydroxyl groups is 1. The van der Waals surface area contributed by atoms with E-state index in [4.69, 9.17) is 0 Å². The molecular formula is C12H21NO2. The third kappa shape index (κ3) is 2.71. The first kappa shape index (κ1) is 10.9. The summed E-state index contributed by atoms with van der Waals surface area (Å²) in [5, 5.41) is 9.40. The summed E-state index contributed by atoms with van der Waals surface area (Å²) >= 11 is 0. The molecule has 0 aromatic rings. The summed E-state index contributed by atoms with van der Waals surface area (Å²) in [5.74, 6) is 0.167. The van der Waals surface area contributed by atoms with Crippen LogP contribution in [0, 0.1) is 0 Å². The van der Waals surface area contributed by atoms with Crippen molar-refractivity contribution in [2.45, 2.75) is 63.5 Å². The van der Waals surface area contributed by atoms with E-state index in [9.17, 15) is 9.90 Å². The van der Waals surface area contributed by atoms with Crippen molar-refractivity contribution in [3.8, 4) is 0 Å². The molecule has 1 aliphatic carbocycles. The first-order valence-corrected chi connectivity index (χ1v) is 6.25. The first-order valence-electron chi connectivity index (χ1n) is 6.25. The van der Waals surface area contributed by atoms with Crippen LogP contribution in [0.1, 0.15) is 51.4 Å². The lowest BCUT2D eigenvalue weighted by Crippen LogP contribution is -2.46. The van der Waals surface area contributed by atoms with Gasteiger partial charge in [-0.1, -0.05) is 25.7 Å². The highest BCUT2D eigenvalue weighted by Gasteiger charge is 2.29. The van der Waals surface area contributed by atoms with Crippen molar-refractivity contribution in [3.05, 3.63) is 0 Å². The van der Waals surface area contributed by atoms with Gasteiger partial charge in [0, 0.05) is 12.6 Å². The third-order valence-electron chi connectivity index (χ3n) is 3.70. The summed E-state index contributed by atoms with van der Waals surface area (Å²) in [6.45, 7) is 0.769. The smallest absolute Gasteiger partial charge is 0.225 e. The Bertz CT molecular complexity index is 222. The topological polar surface area (TPSA) is 40.5 Å². The number of carbonyl (C=O) groups is 1. The van der Waals surface area contributed by atoms with Crippen LogP contribution in [-0.4, -0.2) is 34.6 Å². The molecule has 15 heavy (non-hydrogen) atoms. The second-order valence-electron chi connectivity index (χ2n) is 4.88. The summed E-state index contributed by atoms with van der Waals surface area (Å²) in [5.41, 5.74) is 0. The monoisotopic (exact) mass is 211 g/mol.